The van der Waals surface area contributed by atoms with E-state index in [1.165, 1.54) is 0 Å². The molecule has 27 heavy (non-hydrogen) atoms. The van der Waals surface area contributed by atoms with Gasteiger partial charge in [0, 0.05) is 30.7 Å². The SMILES string of the molecule is NCC(c1cccc(Cl)c1)N1CCC(O)(C(F)(F)F)CC1.O=C(O)C(=O)O. The minimum atomic E-state index is -4.59. The van der Waals surface area contributed by atoms with Crippen molar-refractivity contribution in [3.8, 4) is 0 Å². The van der Waals surface area contributed by atoms with Crippen LogP contribution in [0.25, 0.3) is 0 Å². The fraction of sp³-hybridized carbons (Fsp3) is 0.500. The highest BCUT2D eigenvalue weighted by Gasteiger charge is 2.54. The van der Waals surface area contributed by atoms with Crippen LogP contribution in [-0.4, -0.2) is 63.6 Å². The summed E-state index contributed by atoms with van der Waals surface area (Å²) >= 11 is 5.94. The Morgan fingerprint density at radius 1 is 1.22 bits per heavy atom. The molecule has 0 bridgehead atoms. The van der Waals surface area contributed by atoms with Gasteiger partial charge in [0.15, 0.2) is 5.60 Å². The average Bonchev–Trinajstić information content (AvgIpc) is 2.57. The molecule has 1 aromatic rings. The first kappa shape index (κ1) is 23.2. The van der Waals surface area contributed by atoms with Crippen molar-refractivity contribution in [3.05, 3.63) is 34.9 Å². The van der Waals surface area contributed by atoms with Gasteiger partial charge in [-0.1, -0.05) is 23.7 Å². The van der Waals surface area contributed by atoms with Crippen molar-refractivity contribution in [1.29, 1.82) is 0 Å². The molecule has 0 saturated carbocycles. The maximum atomic E-state index is 12.8. The summed E-state index contributed by atoms with van der Waals surface area (Å²) in [5, 5.41) is 25.0. The number of aliphatic hydroxyl groups is 1. The molecular weight excluding hydrogens is 393 g/mol. The summed E-state index contributed by atoms with van der Waals surface area (Å²) in [7, 11) is 0. The number of hydrogen-bond acceptors (Lipinski definition) is 5. The van der Waals surface area contributed by atoms with Gasteiger partial charge in [0.05, 0.1) is 0 Å². The van der Waals surface area contributed by atoms with Crippen molar-refractivity contribution >= 4 is 23.5 Å². The topological polar surface area (TPSA) is 124 Å². The van der Waals surface area contributed by atoms with Crippen LogP contribution < -0.4 is 5.73 Å². The van der Waals surface area contributed by atoms with E-state index in [2.05, 4.69) is 0 Å². The number of nitrogens with zero attached hydrogens (tertiary/aromatic N) is 1. The summed E-state index contributed by atoms with van der Waals surface area (Å²) in [6.45, 7) is 0.569. The van der Waals surface area contributed by atoms with Crippen molar-refractivity contribution in [2.24, 2.45) is 5.73 Å². The Morgan fingerprint density at radius 3 is 2.11 bits per heavy atom. The standard InChI is InChI=1S/C14H18ClF3N2O.C2H2O4/c15-11-3-1-2-10(8-11)12(9-19)20-6-4-13(21,5-7-20)14(16,17)18;3-1(4)2(5)6/h1-3,8,12,21H,4-7,9,19H2;(H,3,4)(H,5,6). The lowest BCUT2D eigenvalue weighted by Crippen LogP contribution is -2.54. The Bertz CT molecular complexity index is 652. The number of carboxylic acids is 2. The second kappa shape index (κ2) is 9.36. The lowest BCUT2D eigenvalue weighted by atomic mass is 9.89. The Morgan fingerprint density at radius 2 is 1.74 bits per heavy atom. The van der Waals surface area contributed by atoms with Gasteiger partial charge in [0.1, 0.15) is 0 Å². The van der Waals surface area contributed by atoms with E-state index in [1.807, 2.05) is 11.0 Å². The molecule has 1 saturated heterocycles. The number of aliphatic carboxylic acids is 2. The molecule has 0 radical (unpaired) electrons. The van der Waals surface area contributed by atoms with Gasteiger partial charge in [-0.25, -0.2) is 9.59 Å². The Balaban J connectivity index is 0.000000527. The molecule has 152 valence electrons. The number of likely N-dealkylation sites (tertiary alicyclic amines) is 1. The predicted octanol–water partition coefficient (Wildman–Crippen LogP) is 1.88. The molecule has 0 spiro atoms. The lowest BCUT2D eigenvalue weighted by molar-refractivity contribution is -0.273. The zero-order chi connectivity index (χ0) is 20.8. The molecule has 1 aliphatic heterocycles. The third kappa shape index (κ3) is 6.35. The highest BCUT2D eigenvalue weighted by atomic mass is 35.5. The highest BCUT2D eigenvalue weighted by Crippen LogP contribution is 2.40. The lowest BCUT2D eigenvalue weighted by Gasteiger charge is -2.42. The summed E-state index contributed by atoms with van der Waals surface area (Å²) in [5.74, 6) is -3.65. The van der Waals surface area contributed by atoms with Crippen LogP contribution >= 0.6 is 11.6 Å². The van der Waals surface area contributed by atoms with E-state index >= 15 is 0 Å². The van der Waals surface area contributed by atoms with Gasteiger partial charge in [-0.3, -0.25) is 4.90 Å². The summed E-state index contributed by atoms with van der Waals surface area (Å²) in [6, 6.07) is 6.95. The van der Waals surface area contributed by atoms with Gasteiger partial charge in [-0.2, -0.15) is 13.2 Å². The maximum Gasteiger partial charge on any atom is 0.417 e. The summed E-state index contributed by atoms with van der Waals surface area (Å²) in [4.78, 5) is 20.1. The number of halogens is 4. The van der Waals surface area contributed by atoms with Crippen molar-refractivity contribution in [2.75, 3.05) is 19.6 Å². The van der Waals surface area contributed by atoms with Crippen LogP contribution in [0.1, 0.15) is 24.4 Å². The van der Waals surface area contributed by atoms with E-state index in [4.69, 9.17) is 37.1 Å². The van der Waals surface area contributed by atoms with Gasteiger partial charge in [0.2, 0.25) is 0 Å². The van der Waals surface area contributed by atoms with Crippen LogP contribution in [0.3, 0.4) is 0 Å². The van der Waals surface area contributed by atoms with E-state index in [-0.39, 0.29) is 38.5 Å². The molecular formula is C16H20ClF3N2O5. The monoisotopic (exact) mass is 412 g/mol. The van der Waals surface area contributed by atoms with E-state index < -0.39 is 23.7 Å². The molecule has 0 aromatic heterocycles. The van der Waals surface area contributed by atoms with E-state index in [0.717, 1.165) is 5.56 Å². The van der Waals surface area contributed by atoms with Gasteiger partial charge in [-0.15, -0.1) is 0 Å². The second-order valence-electron chi connectivity index (χ2n) is 5.98. The summed E-state index contributed by atoms with van der Waals surface area (Å²) < 4.78 is 38.4. The van der Waals surface area contributed by atoms with Crippen LogP contribution in [0.4, 0.5) is 13.2 Å². The summed E-state index contributed by atoms with van der Waals surface area (Å²) in [6.07, 6.45) is -5.27. The number of hydrogen-bond donors (Lipinski definition) is 4. The fourth-order valence-corrected chi connectivity index (χ4v) is 2.90. The molecule has 5 N–H and O–H groups in total. The van der Waals surface area contributed by atoms with Crippen molar-refractivity contribution in [2.45, 2.75) is 30.7 Å². The van der Waals surface area contributed by atoms with Gasteiger partial charge in [-0.05, 0) is 30.5 Å². The molecule has 1 aromatic carbocycles. The molecule has 1 fully saturated rings. The third-order valence-electron chi connectivity index (χ3n) is 4.23. The smallest absolute Gasteiger partial charge is 0.417 e. The number of alkyl halides is 3. The van der Waals surface area contributed by atoms with E-state index in [1.54, 1.807) is 18.2 Å². The molecule has 11 heteroatoms. The first-order valence-electron chi connectivity index (χ1n) is 7.86. The first-order valence-corrected chi connectivity index (χ1v) is 8.24. The number of carboxylic acid groups (broad SMARTS) is 2. The minimum Gasteiger partial charge on any atom is -0.473 e. The number of piperidine rings is 1. The zero-order valence-corrected chi connectivity index (χ0v) is 14.9. The predicted molar refractivity (Wildman–Crippen MR) is 90.3 cm³/mol. The van der Waals surface area contributed by atoms with Crippen molar-refractivity contribution in [1.82, 2.24) is 4.90 Å². The van der Waals surface area contributed by atoms with Gasteiger partial charge >= 0.3 is 18.1 Å². The molecule has 1 atom stereocenters. The first-order chi connectivity index (χ1) is 12.4. The molecule has 1 heterocycles. The van der Waals surface area contributed by atoms with Crippen LogP contribution in [0.2, 0.25) is 5.02 Å². The number of nitrogens with two attached hydrogens (primary N) is 1. The van der Waals surface area contributed by atoms with Crippen LogP contribution in [0, 0.1) is 0 Å². The zero-order valence-electron chi connectivity index (χ0n) is 14.1. The van der Waals surface area contributed by atoms with Crippen molar-refractivity contribution < 1.29 is 38.1 Å². The molecule has 0 aliphatic carbocycles. The molecule has 0 amide bonds. The van der Waals surface area contributed by atoms with Gasteiger partial charge < -0.3 is 21.1 Å². The second-order valence-corrected chi connectivity index (χ2v) is 6.42. The van der Waals surface area contributed by atoms with E-state index in [0.29, 0.717) is 5.02 Å². The van der Waals surface area contributed by atoms with Crippen LogP contribution in [0.5, 0.6) is 0 Å². The molecule has 2 rings (SSSR count). The van der Waals surface area contributed by atoms with Crippen LogP contribution in [0.15, 0.2) is 24.3 Å². The maximum absolute atomic E-state index is 12.8. The van der Waals surface area contributed by atoms with E-state index in [9.17, 15) is 18.3 Å². The highest BCUT2D eigenvalue weighted by molar-refractivity contribution is 6.30. The molecule has 1 aliphatic rings. The van der Waals surface area contributed by atoms with Gasteiger partial charge in [0.25, 0.3) is 0 Å². The fourth-order valence-electron chi connectivity index (χ4n) is 2.70. The number of benzene rings is 1. The largest absolute Gasteiger partial charge is 0.473 e. The third-order valence-corrected chi connectivity index (χ3v) is 4.47. The Kier molecular flexibility index (Phi) is 8.03. The molecule has 1 unspecified atom stereocenters. The van der Waals surface area contributed by atoms with Crippen LogP contribution in [-0.2, 0) is 9.59 Å². The Hall–Kier alpha value is -1.88. The quantitative estimate of drug-likeness (QED) is 0.559. The normalized spacial score (nSPS) is 18.1. The number of rotatable bonds is 3. The summed E-state index contributed by atoms with van der Waals surface area (Å²) in [5.41, 5.74) is 4.06. The Labute approximate surface area is 158 Å². The van der Waals surface area contributed by atoms with Crippen molar-refractivity contribution in [3.63, 3.8) is 0 Å². The minimum absolute atomic E-state index is 0.143. The number of carbonyl (C=O) groups is 2. The molecule has 7 nitrogen and oxygen atoms in total. The average molecular weight is 413 g/mol.